The molecular formula is C11H26N2. The lowest BCUT2D eigenvalue weighted by atomic mass is 9.96. The minimum atomic E-state index is 0.0282. The zero-order chi connectivity index (χ0) is 10.3. The molecule has 0 aromatic carbocycles. The van der Waals surface area contributed by atoms with Gasteiger partial charge in [0.1, 0.15) is 0 Å². The predicted molar refractivity (Wildman–Crippen MR) is 59.9 cm³/mol. The Hall–Kier alpha value is -0.0800. The van der Waals surface area contributed by atoms with Gasteiger partial charge in [-0.15, -0.1) is 0 Å². The summed E-state index contributed by atoms with van der Waals surface area (Å²) in [5.41, 5.74) is 6.09. The summed E-state index contributed by atoms with van der Waals surface area (Å²) in [6, 6.07) is 0. The third kappa shape index (κ3) is 7.03. The number of hydrogen-bond acceptors (Lipinski definition) is 2. The minimum Gasteiger partial charge on any atom is -0.325 e. The predicted octanol–water partition coefficient (Wildman–Crippen LogP) is 2.24. The second-order valence-electron chi connectivity index (χ2n) is 4.41. The maximum absolute atomic E-state index is 6.07. The van der Waals surface area contributed by atoms with E-state index in [-0.39, 0.29) is 5.54 Å². The van der Waals surface area contributed by atoms with Crippen LogP contribution in [0.5, 0.6) is 0 Å². The maximum Gasteiger partial charge on any atom is 0.0135 e. The van der Waals surface area contributed by atoms with Crippen molar-refractivity contribution in [2.75, 3.05) is 20.1 Å². The Labute approximate surface area is 83.5 Å². The molecule has 0 aromatic rings. The Morgan fingerprint density at radius 1 is 1.23 bits per heavy atom. The first-order valence-corrected chi connectivity index (χ1v) is 5.49. The highest BCUT2D eigenvalue weighted by Crippen LogP contribution is 2.10. The normalized spacial score (nSPS) is 16.2. The van der Waals surface area contributed by atoms with Crippen LogP contribution in [0.15, 0.2) is 0 Å². The van der Waals surface area contributed by atoms with Crippen molar-refractivity contribution < 1.29 is 0 Å². The summed E-state index contributed by atoms with van der Waals surface area (Å²) in [5.74, 6) is 0. The molecule has 0 saturated carbocycles. The minimum absolute atomic E-state index is 0.0282. The van der Waals surface area contributed by atoms with Crippen LogP contribution < -0.4 is 5.73 Å². The van der Waals surface area contributed by atoms with Gasteiger partial charge in [0.2, 0.25) is 0 Å². The van der Waals surface area contributed by atoms with Crippen molar-refractivity contribution in [1.82, 2.24) is 4.90 Å². The summed E-state index contributed by atoms with van der Waals surface area (Å²) in [6.45, 7) is 8.86. The molecule has 0 spiro atoms. The third-order valence-corrected chi connectivity index (χ3v) is 2.77. The quantitative estimate of drug-likeness (QED) is 0.660. The number of hydrogen-bond donors (Lipinski definition) is 1. The smallest absolute Gasteiger partial charge is 0.0135 e. The van der Waals surface area contributed by atoms with Crippen LogP contribution in [0.4, 0.5) is 0 Å². The Morgan fingerprint density at radius 3 is 2.31 bits per heavy atom. The van der Waals surface area contributed by atoms with E-state index in [2.05, 4.69) is 32.7 Å². The van der Waals surface area contributed by atoms with Gasteiger partial charge in [-0.2, -0.15) is 0 Å². The van der Waals surface area contributed by atoms with Gasteiger partial charge in [0.25, 0.3) is 0 Å². The first-order chi connectivity index (χ1) is 6.02. The van der Waals surface area contributed by atoms with Crippen LogP contribution in [0.2, 0.25) is 0 Å². The molecule has 2 N–H and O–H groups in total. The van der Waals surface area contributed by atoms with Crippen molar-refractivity contribution in [3.8, 4) is 0 Å². The molecule has 0 aliphatic rings. The van der Waals surface area contributed by atoms with Gasteiger partial charge in [-0.05, 0) is 46.3 Å². The fraction of sp³-hybridized carbons (Fsp3) is 1.00. The summed E-state index contributed by atoms with van der Waals surface area (Å²) in [5, 5.41) is 0. The van der Waals surface area contributed by atoms with Gasteiger partial charge in [-0.3, -0.25) is 0 Å². The fourth-order valence-corrected chi connectivity index (χ4v) is 1.16. The molecule has 0 aliphatic heterocycles. The molecule has 0 aliphatic carbocycles. The molecule has 0 aromatic heterocycles. The van der Waals surface area contributed by atoms with E-state index >= 15 is 0 Å². The fourth-order valence-electron chi connectivity index (χ4n) is 1.16. The number of nitrogens with zero attached hydrogens (tertiary/aromatic N) is 1. The molecule has 80 valence electrons. The molecule has 0 bridgehead atoms. The summed E-state index contributed by atoms with van der Waals surface area (Å²) in [6.07, 6.45) is 4.74. The zero-order valence-electron chi connectivity index (χ0n) is 9.77. The van der Waals surface area contributed by atoms with Gasteiger partial charge in [0.15, 0.2) is 0 Å². The second-order valence-corrected chi connectivity index (χ2v) is 4.41. The molecule has 0 fully saturated rings. The van der Waals surface area contributed by atoms with Crippen molar-refractivity contribution >= 4 is 0 Å². The molecule has 1 atom stereocenters. The molecular weight excluding hydrogens is 160 g/mol. The van der Waals surface area contributed by atoms with Gasteiger partial charge in [0.05, 0.1) is 0 Å². The molecule has 0 heterocycles. The van der Waals surface area contributed by atoms with E-state index in [9.17, 15) is 0 Å². The van der Waals surface area contributed by atoms with Crippen molar-refractivity contribution in [2.45, 2.75) is 52.0 Å². The third-order valence-electron chi connectivity index (χ3n) is 2.77. The number of nitrogens with two attached hydrogens (primary N) is 1. The van der Waals surface area contributed by atoms with Crippen LogP contribution in [0.1, 0.15) is 46.5 Å². The molecule has 0 amide bonds. The van der Waals surface area contributed by atoms with Gasteiger partial charge in [-0.1, -0.05) is 20.3 Å². The van der Waals surface area contributed by atoms with E-state index in [4.69, 9.17) is 5.73 Å². The average Bonchev–Trinajstić information content (AvgIpc) is 2.11. The molecule has 1 unspecified atom stereocenters. The van der Waals surface area contributed by atoms with Crippen molar-refractivity contribution in [3.63, 3.8) is 0 Å². The highest BCUT2D eigenvalue weighted by Gasteiger charge is 2.15. The van der Waals surface area contributed by atoms with E-state index in [1.165, 1.54) is 19.4 Å². The molecule has 0 radical (unpaired) electrons. The standard InChI is InChI=1S/C11H26N2/c1-5-7-9-13(4)10-8-11(3,12)6-2/h5-10,12H2,1-4H3. The lowest BCUT2D eigenvalue weighted by molar-refractivity contribution is 0.280. The summed E-state index contributed by atoms with van der Waals surface area (Å²) >= 11 is 0. The molecule has 0 saturated heterocycles. The first kappa shape index (κ1) is 12.9. The second kappa shape index (κ2) is 6.39. The van der Waals surface area contributed by atoms with Gasteiger partial charge in [-0.25, -0.2) is 0 Å². The van der Waals surface area contributed by atoms with E-state index in [0.29, 0.717) is 0 Å². The van der Waals surface area contributed by atoms with Crippen LogP contribution in [0.25, 0.3) is 0 Å². The van der Waals surface area contributed by atoms with E-state index in [1.54, 1.807) is 0 Å². The van der Waals surface area contributed by atoms with Crippen LogP contribution in [0, 0.1) is 0 Å². The van der Waals surface area contributed by atoms with E-state index in [1.807, 2.05) is 0 Å². The molecule has 13 heavy (non-hydrogen) atoms. The Balaban J connectivity index is 3.51. The van der Waals surface area contributed by atoms with Crippen LogP contribution in [0.3, 0.4) is 0 Å². The van der Waals surface area contributed by atoms with Crippen molar-refractivity contribution in [1.29, 1.82) is 0 Å². The largest absolute Gasteiger partial charge is 0.325 e. The molecule has 0 rings (SSSR count). The number of rotatable bonds is 7. The highest BCUT2D eigenvalue weighted by molar-refractivity contribution is 4.77. The highest BCUT2D eigenvalue weighted by atomic mass is 15.1. The molecule has 2 heteroatoms. The van der Waals surface area contributed by atoms with E-state index in [0.717, 1.165) is 19.4 Å². The van der Waals surface area contributed by atoms with Crippen LogP contribution >= 0.6 is 0 Å². The lowest BCUT2D eigenvalue weighted by Crippen LogP contribution is -2.39. The lowest BCUT2D eigenvalue weighted by Gasteiger charge is -2.26. The molecule has 2 nitrogen and oxygen atoms in total. The topological polar surface area (TPSA) is 29.3 Å². The maximum atomic E-state index is 6.07. The average molecular weight is 186 g/mol. The first-order valence-electron chi connectivity index (χ1n) is 5.49. The Bertz CT molecular complexity index is 121. The Morgan fingerprint density at radius 2 is 1.85 bits per heavy atom. The van der Waals surface area contributed by atoms with Crippen LogP contribution in [-0.4, -0.2) is 30.6 Å². The van der Waals surface area contributed by atoms with E-state index < -0.39 is 0 Å². The summed E-state index contributed by atoms with van der Waals surface area (Å²) in [7, 11) is 2.18. The van der Waals surface area contributed by atoms with Crippen LogP contribution in [-0.2, 0) is 0 Å². The van der Waals surface area contributed by atoms with Crippen molar-refractivity contribution in [3.05, 3.63) is 0 Å². The summed E-state index contributed by atoms with van der Waals surface area (Å²) < 4.78 is 0. The summed E-state index contributed by atoms with van der Waals surface area (Å²) in [4.78, 5) is 2.38. The Kier molecular flexibility index (Phi) is 6.35. The SMILES string of the molecule is CCCCN(C)CCC(C)(N)CC. The van der Waals surface area contributed by atoms with Crippen molar-refractivity contribution in [2.24, 2.45) is 5.73 Å². The van der Waals surface area contributed by atoms with Gasteiger partial charge >= 0.3 is 0 Å². The van der Waals surface area contributed by atoms with Gasteiger partial charge in [0, 0.05) is 5.54 Å². The zero-order valence-corrected chi connectivity index (χ0v) is 9.77. The monoisotopic (exact) mass is 186 g/mol. The van der Waals surface area contributed by atoms with Gasteiger partial charge < -0.3 is 10.6 Å². The number of unbranched alkanes of at least 4 members (excludes halogenated alkanes) is 1.